The number of carbonyl (C=O) groups is 1. The summed E-state index contributed by atoms with van der Waals surface area (Å²) < 4.78 is 4.82. The van der Waals surface area contributed by atoms with Crippen LogP contribution in [0.2, 0.25) is 0 Å². The zero-order valence-corrected chi connectivity index (χ0v) is 16.0. The molecule has 0 aliphatic carbocycles. The first-order valence-corrected chi connectivity index (χ1v) is 9.18. The number of hydrogen-bond acceptors (Lipinski definition) is 8. The van der Waals surface area contributed by atoms with Gasteiger partial charge < -0.3 is 19.2 Å². The highest BCUT2D eigenvalue weighted by molar-refractivity contribution is 5.87. The number of rotatable bonds is 4. The molecule has 0 spiro atoms. The Morgan fingerprint density at radius 3 is 3.11 bits per heavy atom. The normalized spacial score (nSPS) is 20.2. The van der Waals surface area contributed by atoms with Gasteiger partial charge in [0.1, 0.15) is 35.4 Å². The SMILES string of the molecule is Cc1nocc1NC(=O)ON1CCC(C)C(N(C)c2ncnc3[nH]ccc23)C1. The van der Waals surface area contributed by atoms with Gasteiger partial charge in [0.15, 0.2) is 0 Å². The largest absolute Gasteiger partial charge is 0.430 e. The summed E-state index contributed by atoms with van der Waals surface area (Å²) in [5.41, 5.74) is 1.90. The Kier molecular flexibility index (Phi) is 4.86. The van der Waals surface area contributed by atoms with Crippen LogP contribution in [-0.4, -0.2) is 57.4 Å². The van der Waals surface area contributed by atoms with E-state index in [-0.39, 0.29) is 6.04 Å². The molecule has 28 heavy (non-hydrogen) atoms. The second-order valence-electron chi connectivity index (χ2n) is 7.09. The molecular weight excluding hydrogens is 362 g/mol. The van der Waals surface area contributed by atoms with Gasteiger partial charge in [-0.25, -0.2) is 14.8 Å². The van der Waals surface area contributed by atoms with Crippen LogP contribution in [0.4, 0.5) is 16.3 Å². The van der Waals surface area contributed by atoms with Crippen LogP contribution < -0.4 is 10.2 Å². The minimum Gasteiger partial charge on any atom is -0.362 e. The molecule has 10 nitrogen and oxygen atoms in total. The molecule has 1 aliphatic rings. The lowest BCUT2D eigenvalue weighted by atomic mass is 9.93. The maximum absolute atomic E-state index is 12.2. The highest BCUT2D eigenvalue weighted by Gasteiger charge is 2.32. The van der Waals surface area contributed by atoms with Gasteiger partial charge in [-0.1, -0.05) is 12.1 Å². The van der Waals surface area contributed by atoms with Crippen LogP contribution in [-0.2, 0) is 4.84 Å². The van der Waals surface area contributed by atoms with Crippen LogP contribution in [0.3, 0.4) is 0 Å². The minimum atomic E-state index is -0.558. The van der Waals surface area contributed by atoms with E-state index >= 15 is 0 Å². The Morgan fingerprint density at radius 2 is 2.32 bits per heavy atom. The highest BCUT2D eigenvalue weighted by Crippen LogP contribution is 2.28. The highest BCUT2D eigenvalue weighted by atomic mass is 16.7. The van der Waals surface area contributed by atoms with Crippen molar-refractivity contribution in [2.24, 2.45) is 5.92 Å². The summed E-state index contributed by atoms with van der Waals surface area (Å²) in [4.78, 5) is 31.7. The van der Waals surface area contributed by atoms with Crippen LogP contribution >= 0.6 is 0 Å². The number of fused-ring (bicyclic) bond motifs is 1. The second kappa shape index (κ2) is 7.47. The number of amides is 1. The van der Waals surface area contributed by atoms with Crippen LogP contribution in [0.15, 0.2) is 29.4 Å². The third-order valence-corrected chi connectivity index (χ3v) is 5.24. The fourth-order valence-electron chi connectivity index (χ4n) is 3.57. The van der Waals surface area contributed by atoms with Gasteiger partial charge >= 0.3 is 6.09 Å². The van der Waals surface area contributed by atoms with Crippen LogP contribution in [0, 0.1) is 12.8 Å². The number of nitrogens with zero attached hydrogens (tertiary/aromatic N) is 5. The van der Waals surface area contributed by atoms with Gasteiger partial charge in [0.2, 0.25) is 0 Å². The van der Waals surface area contributed by atoms with Gasteiger partial charge in [-0.15, -0.1) is 5.06 Å². The van der Waals surface area contributed by atoms with E-state index in [1.165, 1.54) is 6.26 Å². The lowest BCUT2D eigenvalue weighted by Gasteiger charge is -2.40. The van der Waals surface area contributed by atoms with Crippen molar-refractivity contribution < 1.29 is 14.2 Å². The van der Waals surface area contributed by atoms with E-state index in [0.29, 0.717) is 30.4 Å². The molecule has 2 atom stereocenters. The van der Waals surface area contributed by atoms with Crippen molar-refractivity contribution in [1.29, 1.82) is 0 Å². The molecule has 1 saturated heterocycles. The van der Waals surface area contributed by atoms with Crippen molar-refractivity contribution in [3.8, 4) is 0 Å². The Balaban J connectivity index is 1.45. The molecule has 0 radical (unpaired) electrons. The molecule has 1 aliphatic heterocycles. The molecular formula is C18H23N7O3. The average molecular weight is 385 g/mol. The summed E-state index contributed by atoms with van der Waals surface area (Å²) in [6.07, 6.45) is 5.13. The van der Waals surface area contributed by atoms with Crippen molar-refractivity contribution in [2.45, 2.75) is 26.3 Å². The number of anilines is 2. The molecule has 1 fully saturated rings. The third-order valence-electron chi connectivity index (χ3n) is 5.24. The number of piperidine rings is 1. The summed E-state index contributed by atoms with van der Waals surface area (Å²) in [5.74, 6) is 1.27. The zero-order valence-electron chi connectivity index (χ0n) is 16.0. The lowest BCUT2D eigenvalue weighted by molar-refractivity contribution is -0.117. The van der Waals surface area contributed by atoms with E-state index in [2.05, 4.69) is 37.2 Å². The van der Waals surface area contributed by atoms with Crippen molar-refractivity contribution >= 4 is 28.6 Å². The number of nitrogens with one attached hydrogen (secondary N) is 2. The molecule has 1 amide bonds. The quantitative estimate of drug-likeness (QED) is 0.705. The molecule has 4 rings (SSSR count). The van der Waals surface area contributed by atoms with E-state index in [4.69, 9.17) is 9.36 Å². The molecule has 2 N–H and O–H groups in total. The number of aromatic amines is 1. The second-order valence-corrected chi connectivity index (χ2v) is 7.09. The van der Waals surface area contributed by atoms with Crippen molar-refractivity contribution in [1.82, 2.24) is 25.2 Å². The number of H-pyrrole nitrogens is 1. The number of hydrogen-bond donors (Lipinski definition) is 2. The standard InChI is InChI=1S/C18H23N7O3/c1-11-5-7-25(28-18(26)22-14-9-27-23-12(14)2)8-15(11)24(3)17-13-4-6-19-16(13)20-10-21-17/h4,6,9-11,15H,5,7-8H2,1-3H3,(H,22,26)(H,19,20,21). The van der Waals surface area contributed by atoms with Crippen molar-refractivity contribution in [3.05, 3.63) is 30.5 Å². The van der Waals surface area contributed by atoms with Gasteiger partial charge in [0.25, 0.3) is 0 Å². The predicted octanol–water partition coefficient (Wildman–Crippen LogP) is 2.56. The Morgan fingerprint density at radius 1 is 1.46 bits per heavy atom. The average Bonchev–Trinajstić information content (AvgIpc) is 3.31. The Hall–Kier alpha value is -3.14. The first-order chi connectivity index (χ1) is 13.5. The smallest absolute Gasteiger partial charge is 0.362 e. The first kappa shape index (κ1) is 18.2. The van der Waals surface area contributed by atoms with E-state index in [0.717, 1.165) is 23.3 Å². The number of likely N-dealkylation sites (N-methyl/N-ethyl adjacent to an activating group) is 1. The van der Waals surface area contributed by atoms with E-state index in [1.807, 2.05) is 19.3 Å². The molecule has 3 aromatic rings. The third kappa shape index (κ3) is 3.50. The Bertz CT molecular complexity index is 969. The number of hydroxylamine groups is 2. The minimum absolute atomic E-state index is 0.131. The van der Waals surface area contributed by atoms with Gasteiger partial charge in [-0.05, 0) is 25.3 Å². The number of carbonyl (C=O) groups excluding carboxylic acids is 1. The number of aromatic nitrogens is 4. The van der Waals surface area contributed by atoms with E-state index < -0.39 is 6.09 Å². The maximum atomic E-state index is 12.2. The zero-order chi connectivity index (χ0) is 19.7. The fraction of sp³-hybridized carbons (Fsp3) is 0.444. The molecule has 3 aromatic heterocycles. The summed E-state index contributed by atoms with van der Waals surface area (Å²) in [6, 6.07) is 2.10. The van der Waals surface area contributed by atoms with Crippen LogP contribution in [0.25, 0.3) is 11.0 Å². The van der Waals surface area contributed by atoms with Gasteiger partial charge in [-0.3, -0.25) is 5.32 Å². The van der Waals surface area contributed by atoms with Crippen LogP contribution in [0.1, 0.15) is 19.0 Å². The molecule has 0 bridgehead atoms. The molecule has 4 heterocycles. The Labute approximate surface area is 161 Å². The maximum Gasteiger partial charge on any atom is 0.430 e. The lowest BCUT2D eigenvalue weighted by Crippen LogP contribution is -2.51. The van der Waals surface area contributed by atoms with Gasteiger partial charge in [0, 0.05) is 25.8 Å². The summed E-state index contributed by atoms with van der Waals surface area (Å²) >= 11 is 0. The predicted molar refractivity (Wildman–Crippen MR) is 103 cm³/mol. The topological polar surface area (TPSA) is 112 Å². The first-order valence-electron chi connectivity index (χ1n) is 9.18. The number of aryl methyl sites for hydroxylation is 1. The fourth-order valence-corrected chi connectivity index (χ4v) is 3.57. The summed E-state index contributed by atoms with van der Waals surface area (Å²) in [7, 11) is 2.01. The van der Waals surface area contributed by atoms with Crippen molar-refractivity contribution in [2.75, 3.05) is 30.4 Å². The molecule has 2 unspecified atom stereocenters. The molecule has 148 valence electrons. The van der Waals surface area contributed by atoms with Gasteiger partial charge in [-0.2, -0.15) is 0 Å². The summed E-state index contributed by atoms with van der Waals surface area (Å²) in [5, 5.41) is 9.04. The van der Waals surface area contributed by atoms with E-state index in [9.17, 15) is 4.79 Å². The van der Waals surface area contributed by atoms with Crippen molar-refractivity contribution in [3.63, 3.8) is 0 Å². The van der Waals surface area contributed by atoms with Gasteiger partial charge in [0.05, 0.1) is 11.9 Å². The molecule has 10 heteroatoms. The monoisotopic (exact) mass is 385 g/mol. The molecule has 0 aromatic carbocycles. The van der Waals surface area contributed by atoms with Crippen LogP contribution in [0.5, 0.6) is 0 Å². The van der Waals surface area contributed by atoms with E-state index in [1.54, 1.807) is 18.3 Å². The summed E-state index contributed by atoms with van der Waals surface area (Å²) in [6.45, 7) is 5.19. The molecule has 0 saturated carbocycles.